The van der Waals surface area contributed by atoms with Crippen molar-refractivity contribution in [3.8, 4) is 0 Å². The van der Waals surface area contributed by atoms with E-state index in [0.29, 0.717) is 6.61 Å². The summed E-state index contributed by atoms with van der Waals surface area (Å²) in [4.78, 5) is 0. The van der Waals surface area contributed by atoms with Crippen molar-refractivity contribution >= 4 is 11.5 Å². The molecule has 0 aliphatic heterocycles. The first-order valence-electron chi connectivity index (χ1n) is 6.22. The first-order chi connectivity index (χ1) is 8.13. The lowest BCUT2D eigenvalue weighted by atomic mass is 10.2. The van der Waals surface area contributed by atoms with Crippen molar-refractivity contribution in [1.82, 2.24) is 9.78 Å². The zero-order chi connectivity index (χ0) is 12.8. The van der Waals surface area contributed by atoms with Gasteiger partial charge in [-0.1, -0.05) is 13.3 Å². The summed E-state index contributed by atoms with van der Waals surface area (Å²) in [5.74, 6) is 0.917. The molecule has 1 atom stereocenters. The molecule has 0 fully saturated rings. The number of nitrogen functional groups attached to an aromatic ring is 1. The van der Waals surface area contributed by atoms with E-state index in [2.05, 4.69) is 24.3 Å². The Balaban J connectivity index is 2.83. The van der Waals surface area contributed by atoms with E-state index in [1.807, 2.05) is 11.6 Å². The van der Waals surface area contributed by atoms with Crippen LogP contribution in [0.5, 0.6) is 0 Å². The molecule has 0 saturated heterocycles. The smallest absolute Gasteiger partial charge is 0.148 e. The second-order valence-electron chi connectivity index (χ2n) is 4.25. The molecule has 5 nitrogen and oxygen atoms in total. The maximum Gasteiger partial charge on any atom is 0.148 e. The minimum Gasteiger partial charge on any atom is -0.394 e. The molecule has 0 amide bonds. The van der Waals surface area contributed by atoms with Crippen molar-refractivity contribution < 1.29 is 4.74 Å². The number of rotatable bonds is 7. The number of nitrogens with one attached hydrogen (secondary N) is 1. The number of nitrogens with zero attached hydrogens (tertiary/aromatic N) is 2. The highest BCUT2D eigenvalue weighted by Gasteiger charge is 2.15. The van der Waals surface area contributed by atoms with Gasteiger partial charge in [-0.25, -0.2) is 4.68 Å². The van der Waals surface area contributed by atoms with E-state index < -0.39 is 0 Å². The number of ether oxygens (including phenoxy) is 1. The molecular weight excluding hydrogens is 216 g/mol. The van der Waals surface area contributed by atoms with Crippen molar-refractivity contribution in [2.24, 2.45) is 0 Å². The van der Waals surface area contributed by atoms with Gasteiger partial charge in [-0.05, 0) is 20.3 Å². The third-order valence-electron chi connectivity index (χ3n) is 2.82. The number of methoxy groups -OCH3 is 1. The van der Waals surface area contributed by atoms with Gasteiger partial charge >= 0.3 is 0 Å². The van der Waals surface area contributed by atoms with Gasteiger partial charge in [0.05, 0.1) is 24.0 Å². The number of nitrogens with two attached hydrogens (primary N) is 1. The lowest BCUT2D eigenvalue weighted by Gasteiger charge is -2.19. The molecule has 0 bridgehead atoms. The second-order valence-corrected chi connectivity index (χ2v) is 4.25. The average molecular weight is 240 g/mol. The molecule has 0 spiro atoms. The Hall–Kier alpha value is -1.23. The molecule has 98 valence electrons. The molecule has 0 radical (unpaired) electrons. The molecule has 1 aromatic heterocycles. The normalized spacial score (nSPS) is 12.7. The molecule has 0 aliphatic carbocycles. The van der Waals surface area contributed by atoms with Gasteiger partial charge in [0.25, 0.3) is 0 Å². The van der Waals surface area contributed by atoms with Gasteiger partial charge in [0.1, 0.15) is 5.82 Å². The Morgan fingerprint density at radius 2 is 2.18 bits per heavy atom. The number of aryl methyl sites for hydroxylation is 2. The number of aromatic nitrogens is 2. The van der Waals surface area contributed by atoms with E-state index in [9.17, 15) is 0 Å². The topological polar surface area (TPSA) is 65.1 Å². The van der Waals surface area contributed by atoms with Crippen LogP contribution in [-0.4, -0.2) is 29.5 Å². The summed E-state index contributed by atoms with van der Waals surface area (Å²) in [6.45, 7) is 7.64. The Kier molecular flexibility index (Phi) is 5.28. The Morgan fingerprint density at radius 3 is 2.71 bits per heavy atom. The average Bonchev–Trinajstić information content (AvgIpc) is 2.57. The van der Waals surface area contributed by atoms with Gasteiger partial charge in [-0.3, -0.25) is 0 Å². The van der Waals surface area contributed by atoms with Gasteiger partial charge < -0.3 is 15.8 Å². The second kappa shape index (κ2) is 6.49. The third-order valence-corrected chi connectivity index (χ3v) is 2.82. The van der Waals surface area contributed by atoms with Gasteiger partial charge in [0, 0.05) is 13.7 Å². The van der Waals surface area contributed by atoms with Gasteiger partial charge in [0.15, 0.2) is 0 Å². The van der Waals surface area contributed by atoms with Crippen LogP contribution in [0, 0.1) is 6.92 Å². The Morgan fingerprint density at radius 1 is 1.47 bits per heavy atom. The summed E-state index contributed by atoms with van der Waals surface area (Å²) in [6.07, 6.45) is 2.17. The van der Waals surface area contributed by atoms with Crippen molar-refractivity contribution in [2.45, 2.75) is 46.2 Å². The van der Waals surface area contributed by atoms with E-state index >= 15 is 0 Å². The minimum absolute atomic E-state index is 0.286. The maximum absolute atomic E-state index is 6.03. The summed E-state index contributed by atoms with van der Waals surface area (Å²) >= 11 is 0. The van der Waals surface area contributed by atoms with Crippen LogP contribution in [0.1, 0.15) is 32.4 Å². The maximum atomic E-state index is 6.03. The lowest BCUT2D eigenvalue weighted by Crippen LogP contribution is -2.26. The molecule has 0 aromatic carbocycles. The van der Waals surface area contributed by atoms with E-state index in [-0.39, 0.29) is 6.04 Å². The fourth-order valence-electron chi connectivity index (χ4n) is 1.92. The number of hydrogen-bond donors (Lipinski definition) is 2. The molecular formula is C12H24N4O. The summed E-state index contributed by atoms with van der Waals surface area (Å²) in [6, 6.07) is 0.286. The largest absolute Gasteiger partial charge is 0.394 e. The van der Waals surface area contributed by atoms with Gasteiger partial charge in [-0.15, -0.1) is 0 Å². The van der Waals surface area contributed by atoms with E-state index in [4.69, 9.17) is 10.5 Å². The van der Waals surface area contributed by atoms with Gasteiger partial charge in [-0.2, -0.15) is 5.10 Å². The molecule has 0 aliphatic rings. The minimum atomic E-state index is 0.286. The quantitative estimate of drug-likeness (QED) is 0.765. The molecule has 1 unspecified atom stereocenters. The standard InChI is InChI=1S/C12H24N4O/c1-5-7-10(8-17-4)14-12-11(13)9(3)15-16(12)6-2/h10,14H,5-8,13H2,1-4H3. The first kappa shape index (κ1) is 13.8. The van der Waals surface area contributed by atoms with Crippen LogP contribution in [0.3, 0.4) is 0 Å². The van der Waals surface area contributed by atoms with Crippen LogP contribution in [0.2, 0.25) is 0 Å². The summed E-state index contributed by atoms with van der Waals surface area (Å²) in [5, 5.41) is 7.83. The fraction of sp³-hybridized carbons (Fsp3) is 0.750. The molecule has 3 N–H and O–H groups in total. The van der Waals surface area contributed by atoms with E-state index in [1.54, 1.807) is 7.11 Å². The zero-order valence-corrected chi connectivity index (χ0v) is 11.3. The molecule has 0 saturated carbocycles. The highest BCUT2D eigenvalue weighted by Crippen LogP contribution is 2.23. The van der Waals surface area contributed by atoms with Crippen LogP contribution in [0.4, 0.5) is 11.5 Å². The van der Waals surface area contributed by atoms with Crippen LogP contribution in [-0.2, 0) is 11.3 Å². The molecule has 5 heteroatoms. The highest BCUT2D eigenvalue weighted by molar-refractivity contribution is 5.65. The summed E-state index contributed by atoms with van der Waals surface area (Å²) < 4.78 is 7.12. The highest BCUT2D eigenvalue weighted by atomic mass is 16.5. The SMILES string of the molecule is CCCC(COC)Nc1c(N)c(C)nn1CC. The fourth-order valence-corrected chi connectivity index (χ4v) is 1.92. The van der Waals surface area contributed by atoms with Crippen LogP contribution < -0.4 is 11.1 Å². The van der Waals surface area contributed by atoms with E-state index in [0.717, 1.165) is 36.6 Å². The molecule has 1 rings (SSSR count). The van der Waals surface area contributed by atoms with Crippen molar-refractivity contribution in [3.63, 3.8) is 0 Å². The number of hydrogen-bond acceptors (Lipinski definition) is 4. The van der Waals surface area contributed by atoms with Crippen molar-refractivity contribution in [3.05, 3.63) is 5.69 Å². The van der Waals surface area contributed by atoms with E-state index in [1.165, 1.54) is 0 Å². The number of anilines is 2. The van der Waals surface area contributed by atoms with Crippen LogP contribution >= 0.6 is 0 Å². The molecule has 1 aromatic rings. The predicted octanol–water partition coefficient (Wildman–Crippen LogP) is 2.02. The zero-order valence-electron chi connectivity index (χ0n) is 11.3. The van der Waals surface area contributed by atoms with Gasteiger partial charge in [0.2, 0.25) is 0 Å². The predicted molar refractivity (Wildman–Crippen MR) is 71.2 cm³/mol. The lowest BCUT2D eigenvalue weighted by molar-refractivity contribution is 0.182. The summed E-state index contributed by atoms with van der Waals surface area (Å²) in [7, 11) is 1.72. The molecule has 17 heavy (non-hydrogen) atoms. The van der Waals surface area contributed by atoms with Crippen molar-refractivity contribution in [1.29, 1.82) is 0 Å². The Bertz CT molecular complexity index is 343. The Labute approximate surface area is 103 Å². The van der Waals surface area contributed by atoms with Crippen molar-refractivity contribution in [2.75, 3.05) is 24.8 Å². The monoisotopic (exact) mass is 240 g/mol. The van der Waals surface area contributed by atoms with Crippen LogP contribution in [0.15, 0.2) is 0 Å². The first-order valence-corrected chi connectivity index (χ1v) is 6.22. The van der Waals surface area contributed by atoms with Crippen LogP contribution in [0.25, 0.3) is 0 Å². The third kappa shape index (κ3) is 3.36. The summed E-state index contributed by atoms with van der Waals surface area (Å²) in [5.41, 5.74) is 7.65. The molecule has 1 heterocycles.